The van der Waals surface area contributed by atoms with Crippen molar-refractivity contribution < 1.29 is 4.79 Å². The Balaban J connectivity index is 1.28. The van der Waals surface area contributed by atoms with E-state index >= 15 is 0 Å². The van der Waals surface area contributed by atoms with Crippen LogP contribution in [0.15, 0.2) is 54.2 Å². The van der Waals surface area contributed by atoms with E-state index in [0.29, 0.717) is 13.1 Å². The molecular formula is C20H19N5OS. The number of thiazole rings is 1. The van der Waals surface area contributed by atoms with Crippen LogP contribution < -0.4 is 10.2 Å². The number of anilines is 2. The molecule has 1 saturated heterocycles. The summed E-state index contributed by atoms with van der Waals surface area (Å²) in [5, 5.41) is 4.28. The molecule has 4 aromatic rings. The molecule has 0 bridgehead atoms. The Hall–Kier alpha value is -3.06. The van der Waals surface area contributed by atoms with Gasteiger partial charge in [0, 0.05) is 49.0 Å². The molecule has 0 radical (unpaired) electrons. The van der Waals surface area contributed by atoms with Gasteiger partial charge in [-0.05, 0) is 30.3 Å². The Morgan fingerprint density at radius 3 is 2.81 bits per heavy atom. The second-order valence-electron chi connectivity index (χ2n) is 6.63. The second kappa shape index (κ2) is 6.59. The third-order valence-corrected chi connectivity index (χ3v) is 5.95. The lowest BCUT2D eigenvalue weighted by molar-refractivity contribution is 0.208. The van der Waals surface area contributed by atoms with E-state index in [1.165, 1.54) is 11.1 Å². The number of hydrogen-bond acceptors (Lipinski definition) is 4. The second-order valence-corrected chi connectivity index (χ2v) is 7.48. The molecule has 0 spiro atoms. The molecule has 5 rings (SSSR count). The summed E-state index contributed by atoms with van der Waals surface area (Å²) in [6.45, 7) is 3.04. The SMILES string of the molecule is O=C(Nc1cccc2ncsc12)N1CCN(c2cccc3[nH]ccc23)CC1. The molecule has 2 aromatic carbocycles. The summed E-state index contributed by atoms with van der Waals surface area (Å²) in [5.41, 5.74) is 5.93. The van der Waals surface area contributed by atoms with Gasteiger partial charge < -0.3 is 20.1 Å². The van der Waals surface area contributed by atoms with Gasteiger partial charge in [0.25, 0.3) is 0 Å². The topological polar surface area (TPSA) is 64.3 Å². The number of benzene rings is 2. The van der Waals surface area contributed by atoms with Gasteiger partial charge in [-0.15, -0.1) is 11.3 Å². The zero-order valence-corrected chi connectivity index (χ0v) is 15.5. The molecule has 0 unspecified atom stereocenters. The van der Waals surface area contributed by atoms with E-state index in [2.05, 4.69) is 44.5 Å². The van der Waals surface area contributed by atoms with Gasteiger partial charge in [0.1, 0.15) is 0 Å². The highest BCUT2D eigenvalue weighted by atomic mass is 32.1. The summed E-state index contributed by atoms with van der Waals surface area (Å²) in [7, 11) is 0. The quantitative estimate of drug-likeness (QED) is 0.552. The Labute approximate surface area is 160 Å². The molecule has 2 aromatic heterocycles. The zero-order valence-electron chi connectivity index (χ0n) is 14.7. The normalized spacial score (nSPS) is 14.8. The van der Waals surface area contributed by atoms with Gasteiger partial charge in [0.2, 0.25) is 0 Å². The number of carbonyl (C=O) groups is 1. The lowest BCUT2D eigenvalue weighted by atomic mass is 10.2. The number of urea groups is 1. The van der Waals surface area contributed by atoms with Crippen molar-refractivity contribution in [3.8, 4) is 0 Å². The molecule has 7 heteroatoms. The summed E-state index contributed by atoms with van der Waals surface area (Å²) in [6.07, 6.45) is 1.97. The number of amides is 2. The van der Waals surface area contributed by atoms with Gasteiger partial charge in [-0.1, -0.05) is 12.1 Å². The highest BCUT2D eigenvalue weighted by Gasteiger charge is 2.23. The minimum atomic E-state index is -0.0459. The molecular weight excluding hydrogens is 358 g/mol. The fourth-order valence-electron chi connectivity index (χ4n) is 3.67. The van der Waals surface area contributed by atoms with E-state index in [9.17, 15) is 4.79 Å². The molecule has 2 amide bonds. The maximum absolute atomic E-state index is 12.7. The van der Waals surface area contributed by atoms with E-state index in [-0.39, 0.29) is 6.03 Å². The fraction of sp³-hybridized carbons (Fsp3) is 0.200. The van der Waals surface area contributed by atoms with Gasteiger partial charge in [-0.25, -0.2) is 9.78 Å². The average Bonchev–Trinajstić information content (AvgIpc) is 3.37. The van der Waals surface area contributed by atoms with Crippen LogP contribution in [-0.2, 0) is 0 Å². The standard InChI is InChI=1S/C20H19N5OS/c26-20(23-17-5-1-4-16-19(17)27-13-22-16)25-11-9-24(10-12-25)18-6-2-3-15-14(18)7-8-21-15/h1-8,13,21H,9-12H2,(H,23,26). The third kappa shape index (κ3) is 2.90. The summed E-state index contributed by atoms with van der Waals surface area (Å²) in [4.78, 5) is 24.5. The van der Waals surface area contributed by atoms with Crippen LogP contribution in [0.25, 0.3) is 21.1 Å². The van der Waals surface area contributed by atoms with Crippen LogP contribution in [0.2, 0.25) is 0 Å². The highest BCUT2D eigenvalue weighted by molar-refractivity contribution is 7.17. The van der Waals surface area contributed by atoms with Crippen LogP contribution in [0.1, 0.15) is 0 Å². The predicted molar refractivity (Wildman–Crippen MR) is 111 cm³/mol. The number of aromatic amines is 1. The van der Waals surface area contributed by atoms with Gasteiger partial charge in [0.05, 0.1) is 21.4 Å². The van der Waals surface area contributed by atoms with Crippen LogP contribution in [0.5, 0.6) is 0 Å². The van der Waals surface area contributed by atoms with E-state index < -0.39 is 0 Å². The van der Waals surface area contributed by atoms with Gasteiger partial charge >= 0.3 is 6.03 Å². The smallest absolute Gasteiger partial charge is 0.322 e. The molecule has 0 aliphatic carbocycles. The van der Waals surface area contributed by atoms with Gasteiger partial charge in [-0.2, -0.15) is 0 Å². The van der Waals surface area contributed by atoms with Crippen LogP contribution in [0, 0.1) is 0 Å². The van der Waals surface area contributed by atoms with Crippen molar-refractivity contribution in [1.29, 1.82) is 0 Å². The number of hydrogen-bond donors (Lipinski definition) is 2. The minimum absolute atomic E-state index is 0.0459. The van der Waals surface area contributed by atoms with Crippen molar-refractivity contribution in [2.75, 3.05) is 36.4 Å². The summed E-state index contributed by atoms with van der Waals surface area (Å²) in [6, 6.07) is 14.2. The number of H-pyrrole nitrogens is 1. The molecule has 0 saturated carbocycles. The maximum Gasteiger partial charge on any atom is 0.322 e. The molecule has 27 heavy (non-hydrogen) atoms. The number of aromatic nitrogens is 2. The molecule has 1 fully saturated rings. The first kappa shape index (κ1) is 16.1. The Morgan fingerprint density at radius 2 is 1.93 bits per heavy atom. The fourth-order valence-corrected chi connectivity index (χ4v) is 4.43. The first-order valence-electron chi connectivity index (χ1n) is 8.99. The van der Waals surface area contributed by atoms with E-state index in [0.717, 1.165) is 34.5 Å². The Morgan fingerprint density at radius 1 is 1.07 bits per heavy atom. The molecule has 1 aliphatic heterocycles. The molecule has 0 atom stereocenters. The maximum atomic E-state index is 12.7. The van der Waals surface area contributed by atoms with Crippen LogP contribution in [0.4, 0.5) is 16.2 Å². The van der Waals surface area contributed by atoms with Gasteiger partial charge in [-0.3, -0.25) is 0 Å². The van der Waals surface area contributed by atoms with Crippen LogP contribution in [-0.4, -0.2) is 47.1 Å². The van der Waals surface area contributed by atoms with Crippen LogP contribution >= 0.6 is 11.3 Å². The number of nitrogens with one attached hydrogen (secondary N) is 2. The monoisotopic (exact) mass is 377 g/mol. The Bertz CT molecular complexity index is 1110. The molecule has 1 aliphatic rings. The summed E-state index contributed by atoms with van der Waals surface area (Å²) >= 11 is 1.55. The predicted octanol–water partition coefficient (Wildman–Crippen LogP) is 4.13. The van der Waals surface area contributed by atoms with Crippen molar-refractivity contribution in [1.82, 2.24) is 14.9 Å². The lowest BCUT2D eigenvalue weighted by Gasteiger charge is -2.36. The van der Waals surface area contributed by atoms with E-state index in [1.54, 1.807) is 16.8 Å². The van der Waals surface area contributed by atoms with Gasteiger partial charge in [0.15, 0.2) is 0 Å². The largest absolute Gasteiger partial charge is 0.367 e. The number of fused-ring (bicyclic) bond motifs is 2. The van der Waals surface area contributed by atoms with Crippen molar-refractivity contribution in [3.05, 3.63) is 54.2 Å². The first-order chi connectivity index (χ1) is 13.3. The van der Waals surface area contributed by atoms with Crippen molar-refractivity contribution >= 4 is 49.9 Å². The first-order valence-corrected chi connectivity index (χ1v) is 9.87. The lowest BCUT2D eigenvalue weighted by Crippen LogP contribution is -2.50. The van der Waals surface area contributed by atoms with E-state index in [1.807, 2.05) is 29.3 Å². The minimum Gasteiger partial charge on any atom is -0.367 e. The molecule has 136 valence electrons. The van der Waals surface area contributed by atoms with E-state index in [4.69, 9.17) is 0 Å². The third-order valence-electron chi connectivity index (χ3n) is 5.08. The van der Waals surface area contributed by atoms with Crippen LogP contribution in [0.3, 0.4) is 0 Å². The number of piperazine rings is 1. The van der Waals surface area contributed by atoms with Crippen molar-refractivity contribution in [3.63, 3.8) is 0 Å². The summed E-state index contributed by atoms with van der Waals surface area (Å²) in [5.74, 6) is 0. The average molecular weight is 377 g/mol. The number of nitrogens with zero attached hydrogens (tertiary/aromatic N) is 3. The van der Waals surface area contributed by atoms with Crippen molar-refractivity contribution in [2.45, 2.75) is 0 Å². The zero-order chi connectivity index (χ0) is 18.2. The number of carbonyl (C=O) groups excluding carboxylic acids is 1. The highest BCUT2D eigenvalue weighted by Crippen LogP contribution is 2.28. The molecule has 2 N–H and O–H groups in total. The molecule has 3 heterocycles. The molecule has 6 nitrogen and oxygen atoms in total. The Kier molecular flexibility index (Phi) is 3.94. The van der Waals surface area contributed by atoms with Crippen molar-refractivity contribution in [2.24, 2.45) is 0 Å². The number of rotatable bonds is 2. The summed E-state index contributed by atoms with van der Waals surface area (Å²) < 4.78 is 1.02.